The average molecular weight is 406 g/mol. The molecule has 1 saturated heterocycles. The van der Waals surface area contributed by atoms with Crippen molar-refractivity contribution in [2.45, 2.75) is 19.8 Å². The second kappa shape index (κ2) is 8.94. The molecule has 0 N–H and O–H groups in total. The molecule has 1 aromatic carbocycles. The lowest BCUT2D eigenvalue weighted by Crippen LogP contribution is -2.49. The van der Waals surface area contributed by atoms with Crippen LogP contribution in [-0.2, 0) is 11.2 Å². The zero-order valence-corrected chi connectivity index (χ0v) is 17.4. The Balaban J connectivity index is 1.32. The molecule has 3 heterocycles. The van der Waals surface area contributed by atoms with E-state index in [4.69, 9.17) is 4.74 Å². The molecule has 4 rings (SSSR count). The van der Waals surface area contributed by atoms with Crippen LogP contribution in [0.1, 0.15) is 17.8 Å². The summed E-state index contributed by atoms with van der Waals surface area (Å²) >= 11 is 0. The van der Waals surface area contributed by atoms with Gasteiger partial charge in [0.15, 0.2) is 5.82 Å². The molecule has 2 aromatic heterocycles. The first-order valence-corrected chi connectivity index (χ1v) is 10.1. The number of rotatable bonds is 6. The van der Waals surface area contributed by atoms with Crippen LogP contribution in [0.2, 0.25) is 0 Å². The van der Waals surface area contributed by atoms with Gasteiger partial charge in [-0.3, -0.25) is 4.79 Å². The summed E-state index contributed by atoms with van der Waals surface area (Å²) in [7, 11) is 1.65. The summed E-state index contributed by atoms with van der Waals surface area (Å²) in [6.45, 7) is 4.78. The Morgan fingerprint density at radius 3 is 2.47 bits per heavy atom. The zero-order chi connectivity index (χ0) is 20.9. The highest BCUT2D eigenvalue weighted by Crippen LogP contribution is 2.18. The molecule has 1 fully saturated rings. The number of amides is 1. The van der Waals surface area contributed by atoms with Gasteiger partial charge in [-0.1, -0.05) is 12.1 Å². The molecule has 0 saturated carbocycles. The van der Waals surface area contributed by atoms with E-state index in [1.807, 2.05) is 54.4 Å². The fourth-order valence-corrected chi connectivity index (χ4v) is 3.61. The molecule has 156 valence electrons. The van der Waals surface area contributed by atoms with E-state index in [0.717, 1.165) is 42.5 Å². The molecule has 8 nitrogen and oxygen atoms in total. The molecular weight excluding hydrogens is 380 g/mol. The smallest absolute Gasteiger partial charge is 0.223 e. The topological polar surface area (TPSA) is 76.4 Å². The van der Waals surface area contributed by atoms with Crippen molar-refractivity contribution < 1.29 is 9.53 Å². The van der Waals surface area contributed by atoms with Crippen molar-refractivity contribution in [3.05, 3.63) is 60.2 Å². The molecule has 1 amide bonds. The summed E-state index contributed by atoms with van der Waals surface area (Å²) in [5.41, 5.74) is 1.14. The van der Waals surface area contributed by atoms with E-state index in [-0.39, 0.29) is 5.91 Å². The molecule has 0 bridgehead atoms. The summed E-state index contributed by atoms with van der Waals surface area (Å²) in [4.78, 5) is 25.9. The van der Waals surface area contributed by atoms with Crippen LogP contribution >= 0.6 is 0 Å². The number of carbonyl (C=O) groups is 1. The number of methoxy groups -OCH3 is 1. The minimum Gasteiger partial charge on any atom is -0.497 e. The quantitative estimate of drug-likeness (QED) is 0.625. The van der Waals surface area contributed by atoms with Gasteiger partial charge < -0.3 is 14.5 Å². The van der Waals surface area contributed by atoms with Crippen LogP contribution in [0.4, 0.5) is 5.82 Å². The summed E-state index contributed by atoms with van der Waals surface area (Å²) < 4.78 is 6.91. The Kier molecular flexibility index (Phi) is 5.92. The number of carbonyl (C=O) groups excluding carboxylic acids is 1. The molecule has 1 aliphatic rings. The van der Waals surface area contributed by atoms with Crippen molar-refractivity contribution >= 4 is 11.7 Å². The van der Waals surface area contributed by atoms with Crippen LogP contribution in [0.15, 0.2) is 48.8 Å². The molecular formula is C22H26N6O2. The van der Waals surface area contributed by atoms with E-state index in [0.29, 0.717) is 25.3 Å². The Hall–Kier alpha value is -3.42. The van der Waals surface area contributed by atoms with Gasteiger partial charge in [0.25, 0.3) is 0 Å². The van der Waals surface area contributed by atoms with Crippen LogP contribution in [0.3, 0.4) is 0 Å². The summed E-state index contributed by atoms with van der Waals surface area (Å²) in [5.74, 6) is 3.35. The normalized spacial score (nSPS) is 14.1. The Labute approximate surface area is 176 Å². The number of piperazine rings is 1. The maximum atomic E-state index is 12.6. The maximum absolute atomic E-state index is 12.6. The molecule has 30 heavy (non-hydrogen) atoms. The summed E-state index contributed by atoms with van der Waals surface area (Å²) in [5, 5.41) is 4.25. The first kappa shape index (κ1) is 19.9. The van der Waals surface area contributed by atoms with Crippen LogP contribution in [-0.4, -0.2) is 63.8 Å². The molecule has 3 aromatic rings. The third-order valence-electron chi connectivity index (χ3n) is 5.29. The number of hydrogen-bond donors (Lipinski definition) is 0. The van der Waals surface area contributed by atoms with E-state index >= 15 is 0 Å². The highest BCUT2D eigenvalue weighted by molar-refractivity contribution is 5.76. The molecule has 0 spiro atoms. The van der Waals surface area contributed by atoms with Crippen LogP contribution in [0, 0.1) is 6.92 Å². The van der Waals surface area contributed by atoms with Gasteiger partial charge in [0.2, 0.25) is 5.91 Å². The predicted octanol–water partition coefficient (Wildman–Crippen LogP) is 2.26. The van der Waals surface area contributed by atoms with Crippen molar-refractivity contribution in [1.82, 2.24) is 24.6 Å². The third kappa shape index (κ3) is 4.59. The van der Waals surface area contributed by atoms with Crippen molar-refractivity contribution in [2.24, 2.45) is 0 Å². The number of anilines is 1. The number of ether oxygens (including phenoxy) is 1. The number of aryl methyl sites for hydroxylation is 2. The maximum Gasteiger partial charge on any atom is 0.223 e. The first-order chi connectivity index (χ1) is 14.6. The van der Waals surface area contributed by atoms with Gasteiger partial charge in [-0.05, 0) is 37.1 Å². The second-order valence-corrected chi connectivity index (χ2v) is 7.30. The van der Waals surface area contributed by atoms with Crippen molar-refractivity contribution in [1.29, 1.82) is 0 Å². The molecule has 8 heteroatoms. The van der Waals surface area contributed by atoms with E-state index in [1.165, 1.54) is 0 Å². The monoisotopic (exact) mass is 406 g/mol. The highest BCUT2D eigenvalue weighted by Gasteiger charge is 2.22. The Morgan fingerprint density at radius 1 is 1.07 bits per heavy atom. The minimum atomic E-state index is 0.196. The highest BCUT2D eigenvalue weighted by atomic mass is 16.5. The lowest BCUT2D eigenvalue weighted by atomic mass is 10.1. The molecule has 1 aliphatic heterocycles. The van der Waals surface area contributed by atoms with Crippen LogP contribution in [0.5, 0.6) is 5.75 Å². The Morgan fingerprint density at radius 2 is 1.80 bits per heavy atom. The lowest BCUT2D eigenvalue weighted by Gasteiger charge is -2.35. The van der Waals surface area contributed by atoms with Gasteiger partial charge in [0, 0.05) is 51.1 Å². The SMILES string of the molecule is COc1ccc(CCC(=O)N2CCN(c3cc(-n4cccn4)nc(C)n3)CC2)cc1. The second-order valence-electron chi connectivity index (χ2n) is 7.30. The third-order valence-corrected chi connectivity index (χ3v) is 5.29. The number of hydrogen-bond acceptors (Lipinski definition) is 6. The zero-order valence-electron chi connectivity index (χ0n) is 17.4. The average Bonchev–Trinajstić information content (AvgIpc) is 3.33. The lowest BCUT2D eigenvalue weighted by molar-refractivity contribution is -0.131. The van der Waals surface area contributed by atoms with Gasteiger partial charge in [-0.2, -0.15) is 5.10 Å². The van der Waals surface area contributed by atoms with Gasteiger partial charge in [-0.15, -0.1) is 0 Å². The molecule has 0 atom stereocenters. The van der Waals surface area contributed by atoms with Crippen molar-refractivity contribution in [3.63, 3.8) is 0 Å². The van der Waals surface area contributed by atoms with E-state index in [9.17, 15) is 4.79 Å². The summed E-state index contributed by atoms with van der Waals surface area (Å²) in [6, 6.07) is 11.7. The molecule has 0 aliphatic carbocycles. The minimum absolute atomic E-state index is 0.196. The fourth-order valence-electron chi connectivity index (χ4n) is 3.61. The van der Waals surface area contributed by atoms with Crippen molar-refractivity contribution in [3.8, 4) is 11.6 Å². The van der Waals surface area contributed by atoms with E-state index in [1.54, 1.807) is 18.0 Å². The van der Waals surface area contributed by atoms with E-state index in [2.05, 4.69) is 20.0 Å². The van der Waals surface area contributed by atoms with Crippen molar-refractivity contribution in [2.75, 3.05) is 38.2 Å². The van der Waals surface area contributed by atoms with Gasteiger partial charge >= 0.3 is 0 Å². The first-order valence-electron chi connectivity index (χ1n) is 10.1. The standard InChI is InChI=1S/C22H26N6O2/c1-17-24-20(16-21(25-17)28-11-3-10-23-28)26-12-14-27(15-13-26)22(29)9-6-18-4-7-19(30-2)8-5-18/h3-5,7-8,10-11,16H,6,9,12-15H2,1-2H3. The van der Waals surface area contributed by atoms with Gasteiger partial charge in [-0.25, -0.2) is 14.6 Å². The van der Waals surface area contributed by atoms with Gasteiger partial charge in [0.05, 0.1) is 7.11 Å². The van der Waals surface area contributed by atoms with E-state index < -0.39 is 0 Å². The predicted molar refractivity (Wildman–Crippen MR) is 114 cm³/mol. The molecule has 0 radical (unpaired) electrons. The fraction of sp³-hybridized carbons (Fsp3) is 0.364. The molecule has 0 unspecified atom stereocenters. The number of benzene rings is 1. The van der Waals surface area contributed by atoms with Crippen LogP contribution < -0.4 is 9.64 Å². The summed E-state index contributed by atoms with van der Waals surface area (Å²) in [6.07, 6.45) is 4.85. The number of aromatic nitrogens is 4. The van der Waals surface area contributed by atoms with Crippen LogP contribution in [0.25, 0.3) is 5.82 Å². The largest absolute Gasteiger partial charge is 0.497 e. The Bertz CT molecular complexity index is 979. The number of nitrogens with zero attached hydrogens (tertiary/aromatic N) is 6. The van der Waals surface area contributed by atoms with Gasteiger partial charge in [0.1, 0.15) is 17.4 Å².